The van der Waals surface area contributed by atoms with Crippen LogP contribution in [0.5, 0.6) is 0 Å². The number of piperazine rings is 1. The molecule has 1 fully saturated rings. The third kappa shape index (κ3) is 3.68. The van der Waals surface area contributed by atoms with Gasteiger partial charge >= 0.3 is 0 Å². The van der Waals surface area contributed by atoms with Crippen LogP contribution in [0.3, 0.4) is 0 Å². The van der Waals surface area contributed by atoms with Crippen LogP contribution in [0.1, 0.15) is 17.3 Å². The Balaban J connectivity index is 0.00000200. The maximum absolute atomic E-state index is 12.4. The summed E-state index contributed by atoms with van der Waals surface area (Å²) < 4.78 is 0.535. The number of carbonyl (C=O) groups excluding carboxylic acids is 1. The highest BCUT2D eigenvalue weighted by Gasteiger charge is 2.25. The Morgan fingerprint density at radius 2 is 2.20 bits per heavy atom. The number of carbonyl (C=O) groups is 1. The predicted molar refractivity (Wildman–Crippen MR) is 81.4 cm³/mol. The van der Waals surface area contributed by atoms with Crippen molar-refractivity contribution < 1.29 is 9.72 Å². The maximum atomic E-state index is 12.4. The van der Waals surface area contributed by atoms with Crippen molar-refractivity contribution in [1.82, 2.24) is 10.2 Å². The van der Waals surface area contributed by atoms with Gasteiger partial charge in [0.05, 0.1) is 4.92 Å². The fourth-order valence-corrected chi connectivity index (χ4v) is 2.59. The third-order valence-corrected chi connectivity index (χ3v) is 3.56. The summed E-state index contributed by atoms with van der Waals surface area (Å²) in [6.07, 6.45) is 0. The van der Waals surface area contributed by atoms with E-state index < -0.39 is 4.92 Å². The van der Waals surface area contributed by atoms with E-state index in [0.717, 1.165) is 13.1 Å². The van der Waals surface area contributed by atoms with Crippen molar-refractivity contribution in [3.8, 4) is 0 Å². The van der Waals surface area contributed by atoms with Crippen LogP contribution in [0.15, 0.2) is 22.7 Å². The highest BCUT2D eigenvalue weighted by Crippen LogP contribution is 2.23. The lowest BCUT2D eigenvalue weighted by Crippen LogP contribution is -2.52. The molecule has 1 N–H and O–H groups in total. The molecule has 1 atom stereocenters. The van der Waals surface area contributed by atoms with Gasteiger partial charge in [0.15, 0.2) is 0 Å². The second-order valence-electron chi connectivity index (χ2n) is 4.51. The first-order valence-electron chi connectivity index (χ1n) is 5.95. The van der Waals surface area contributed by atoms with Gasteiger partial charge in [0.1, 0.15) is 0 Å². The fourth-order valence-electron chi connectivity index (χ4n) is 2.11. The molecule has 1 aromatic rings. The SMILES string of the molecule is C[C@@H]1CNCCN1C(=O)c1cc(Br)cc([N+](=O)[O-])c1.Cl. The Labute approximate surface area is 131 Å². The number of nitrogens with one attached hydrogen (secondary N) is 1. The molecule has 1 aliphatic heterocycles. The molecular weight excluding hydrogens is 350 g/mol. The van der Waals surface area contributed by atoms with Gasteiger partial charge in [0, 0.05) is 47.8 Å². The van der Waals surface area contributed by atoms with Crippen LogP contribution < -0.4 is 5.32 Å². The standard InChI is InChI=1S/C12H14BrN3O3.ClH/c1-8-7-14-2-3-15(8)12(17)9-4-10(13)6-11(5-9)16(18)19;/h4-6,8,14H,2-3,7H2,1H3;1H/t8-;/m1./s1. The quantitative estimate of drug-likeness (QED) is 0.645. The second kappa shape index (κ2) is 7.01. The zero-order valence-corrected chi connectivity index (χ0v) is 13.2. The summed E-state index contributed by atoms with van der Waals surface area (Å²) in [6, 6.07) is 4.41. The molecule has 2 rings (SSSR count). The average molecular weight is 365 g/mol. The van der Waals surface area contributed by atoms with Crippen LogP contribution in [0.25, 0.3) is 0 Å². The van der Waals surface area contributed by atoms with E-state index in [1.165, 1.54) is 12.1 Å². The van der Waals surface area contributed by atoms with Crippen molar-refractivity contribution >= 4 is 39.9 Å². The molecule has 1 aromatic carbocycles. The Bertz CT molecular complexity index is 527. The first kappa shape index (κ1) is 16.9. The Hall–Kier alpha value is -1.18. The zero-order chi connectivity index (χ0) is 14.0. The molecule has 0 radical (unpaired) electrons. The molecule has 0 spiro atoms. The van der Waals surface area contributed by atoms with Crippen LogP contribution in [0, 0.1) is 10.1 Å². The Kier molecular flexibility index (Phi) is 5.91. The van der Waals surface area contributed by atoms with Crippen molar-refractivity contribution in [3.05, 3.63) is 38.3 Å². The van der Waals surface area contributed by atoms with E-state index in [1.807, 2.05) is 6.92 Å². The summed E-state index contributed by atoms with van der Waals surface area (Å²) >= 11 is 3.20. The van der Waals surface area contributed by atoms with Crippen molar-refractivity contribution in [2.24, 2.45) is 0 Å². The van der Waals surface area contributed by atoms with E-state index in [9.17, 15) is 14.9 Å². The van der Waals surface area contributed by atoms with E-state index in [-0.39, 0.29) is 30.0 Å². The van der Waals surface area contributed by atoms with E-state index in [0.29, 0.717) is 16.6 Å². The number of nitro groups is 1. The minimum absolute atomic E-state index is 0. The number of non-ortho nitro benzene ring substituents is 1. The van der Waals surface area contributed by atoms with Crippen LogP contribution in [-0.2, 0) is 0 Å². The summed E-state index contributed by atoms with van der Waals surface area (Å²) in [5, 5.41) is 14.0. The fraction of sp³-hybridized carbons (Fsp3) is 0.417. The number of nitrogens with zero attached hydrogens (tertiary/aromatic N) is 2. The number of halogens is 2. The van der Waals surface area contributed by atoms with Gasteiger partial charge in [-0.1, -0.05) is 15.9 Å². The number of rotatable bonds is 2. The van der Waals surface area contributed by atoms with E-state index in [1.54, 1.807) is 11.0 Å². The molecule has 1 amide bonds. The molecule has 8 heteroatoms. The van der Waals surface area contributed by atoms with Gasteiger partial charge in [0.25, 0.3) is 11.6 Å². The molecule has 1 aliphatic rings. The van der Waals surface area contributed by atoms with E-state index in [4.69, 9.17) is 0 Å². The van der Waals surface area contributed by atoms with Crippen molar-refractivity contribution in [2.45, 2.75) is 13.0 Å². The maximum Gasteiger partial charge on any atom is 0.271 e. The van der Waals surface area contributed by atoms with Gasteiger partial charge < -0.3 is 10.2 Å². The number of benzene rings is 1. The minimum Gasteiger partial charge on any atom is -0.333 e. The number of amides is 1. The Morgan fingerprint density at radius 3 is 2.80 bits per heavy atom. The number of nitro benzene ring substituents is 1. The molecular formula is C12H15BrClN3O3. The first-order chi connectivity index (χ1) is 8.99. The molecule has 1 saturated heterocycles. The molecule has 6 nitrogen and oxygen atoms in total. The van der Waals surface area contributed by atoms with Crippen LogP contribution in [-0.4, -0.2) is 41.4 Å². The molecule has 1 heterocycles. The zero-order valence-electron chi connectivity index (χ0n) is 10.8. The number of hydrogen-bond acceptors (Lipinski definition) is 4. The lowest BCUT2D eigenvalue weighted by atomic mass is 10.1. The van der Waals surface area contributed by atoms with Gasteiger partial charge in [-0.3, -0.25) is 14.9 Å². The van der Waals surface area contributed by atoms with Gasteiger partial charge in [-0.25, -0.2) is 0 Å². The van der Waals surface area contributed by atoms with Gasteiger partial charge in [-0.15, -0.1) is 12.4 Å². The van der Waals surface area contributed by atoms with Gasteiger partial charge in [0.2, 0.25) is 0 Å². The summed E-state index contributed by atoms with van der Waals surface area (Å²) in [6.45, 7) is 4.05. The topological polar surface area (TPSA) is 75.5 Å². The summed E-state index contributed by atoms with van der Waals surface area (Å²) in [5.74, 6) is -0.168. The normalized spacial score (nSPS) is 18.3. The lowest BCUT2D eigenvalue weighted by Gasteiger charge is -2.34. The van der Waals surface area contributed by atoms with Crippen molar-refractivity contribution in [3.63, 3.8) is 0 Å². The molecule has 0 bridgehead atoms. The van der Waals surface area contributed by atoms with Crippen molar-refractivity contribution in [2.75, 3.05) is 19.6 Å². The third-order valence-electron chi connectivity index (χ3n) is 3.10. The minimum atomic E-state index is -0.497. The summed E-state index contributed by atoms with van der Waals surface area (Å²) in [7, 11) is 0. The molecule has 0 aliphatic carbocycles. The summed E-state index contributed by atoms with van der Waals surface area (Å²) in [5.41, 5.74) is 0.260. The molecule has 110 valence electrons. The Morgan fingerprint density at radius 1 is 1.50 bits per heavy atom. The van der Waals surface area contributed by atoms with Crippen LogP contribution in [0.4, 0.5) is 5.69 Å². The number of hydrogen-bond donors (Lipinski definition) is 1. The second-order valence-corrected chi connectivity index (χ2v) is 5.42. The summed E-state index contributed by atoms with van der Waals surface area (Å²) in [4.78, 5) is 24.5. The molecule has 0 aromatic heterocycles. The van der Waals surface area contributed by atoms with E-state index in [2.05, 4.69) is 21.2 Å². The average Bonchev–Trinajstić information content (AvgIpc) is 2.37. The molecule has 0 saturated carbocycles. The van der Waals surface area contributed by atoms with E-state index >= 15 is 0 Å². The van der Waals surface area contributed by atoms with Gasteiger partial charge in [-0.05, 0) is 13.0 Å². The van der Waals surface area contributed by atoms with Crippen LogP contribution >= 0.6 is 28.3 Å². The highest BCUT2D eigenvalue weighted by molar-refractivity contribution is 9.10. The molecule has 0 unspecified atom stereocenters. The highest BCUT2D eigenvalue weighted by atomic mass is 79.9. The van der Waals surface area contributed by atoms with Crippen LogP contribution in [0.2, 0.25) is 0 Å². The van der Waals surface area contributed by atoms with Crippen molar-refractivity contribution in [1.29, 1.82) is 0 Å². The monoisotopic (exact) mass is 363 g/mol. The predicted octanol–water partition coefficient (Wildman–Crippen LogP) is 2.21. The molecule has 20 heavy (non-hydrogen) atoms. The smallest absolute Gasteiger partial charge is 0.271 e. The largest absolute Gasteiger partial charge is 0.333 e. The first-order valence-corrected chi connectivity index (χ1v) is 6.75. The lowest BCUT2D eigenvalue weighted by molar-refractivity contribution is -0.385. The van der Waals surface area contributed by atoms with Gasteiger partial charge in [-0.2, -0.15) is 0 Å².